The molecular weight excluding hydrogens is 266 g/mol. The Labute approximate surface area is 126 Å². The van der Waals surface area contributed by atoms with Gasteiger partial charge in [-0.3, -0.25) is 0 Å². The molecule has 3 rings (SSSR count). The average molecular weight is 291 g/mol. The molecule has 1 saturated heterocycles. The van der Waals surface area contributed by atoms with Crippen LogP contribution >= 0.6 is 0 Å². The van der Waals surface area contributed by atoms with Gasteiger partial charge in [-0.1, -0.05) is 13.0 Å². The predicted octanol–water partition coefficient (Wildman–Crippen LogP) is 2.93. The largest absolute Gasteiger partial charge is 0.490 e. The Morgan fingerprint density at radius 2 is 2.05 bits per heavy atom. The third-order valence-electron chi connectivity index (χ3n) is 4.18. The number of ether oxygens (including phenoxy) is 3. The molecule has 0 saturated carbocycles. The van der Waals surface area contributed by atoms with Crippen LogP contribution in [0, 0.1) is 5.92 Å². The number of hydrogen-bond acceptors (Lipinski definition) is 4. The summed E-state index contributed by atoms with van der Waals surface area (Å²) in [6, 6.07) is 6.70. The van der Waals surface area contributed by atoms with E-state index in [0.29, 0.717) is 12.0 Å². The second-order valence-corrected chi connectivity index (χ2v) is 5.81. The van der Waals surface area contributed by atoms with E-state index in [1.165, 1.54) is 5.56 Å². The lowest BCUT2D eigenvalue weighted by Crippen LogP contribution is -2.29. The summed E-state index contributed by atoms with van der Waals surface area (Å²) in [5.74, 6) is 2.29. The zero-order valence-electron chi connectivity index (χ0n) is 12.8. The van der Waals surface area contributed by atoms with Crippen molar-refractivity contribution >= 4 is 0 Å². The second kappa shape index (κ2) is 7.14. The van der Waals surface area contributed by atoms with E-state index >= 15 is 0 Å². The van der Waals surface area contributed by atoms with Crippen molar-refractivity contribution < 1.29 is 14.2 Å². The summed E-state index contributed by atoms with van der Waals surface area (Å²) in [4.78, 5) is 0. The van der Waals surface area contributed by atoms with E-state index < -0.39 is 0 Å². The van der Waals surface area contributed by atoms with E-state index in [0.717, 1.165) is 63.7 Å². The summed E-state index contributed by atoms with van der Waals surface area (Å²) in [6.07, 6.45) is 3.20. The topological polar surface area (TPSA) is 39.7 Å². The van der Waals surface area contributed by atoms with Crippen molar-refractivity contribution in [2.75, 3.05) is 33.0 Å². The summed E-state index contributed by atoms with van der Waals surface area (Å²) < 4.78 is 17.1. The molecule has 2 aliphatic heterocycles. The van der Waals surface area contributed by atoms with E-state index in [1.807, 2.05) is 6.07 Å². The molecule has 0 aromatic heterocycles. The number of nitrogens with one attached hydrogen (secondary N) is 1. The van der Waals surface area contributed by atoms with Crippen LogP contribution in [0.4, 0.5) is 0 Å². The van der Waals surface area contributed by atoms with Gasteiger partial charge in [0.2, 0.25) is 0 Å². The first-order valence-corrected chi connectivity index (χ1v) is 8.09. The summed E-state index contributed by atoms with van der Waals surface area (Å²) in [5, 5.41) is 3.67. The van der Waals surface area contributed by atoms with Gasteiger partial charge in [-0.15, -0.1) is 0 Å². The van der Waals surface area contributed by atoms with Crippen molar-refractivity contribution in [1.82, 2.24) is 5.32 Å². The summed E-state index contributed by atoms with van der Waals surface area (Å²) in [7, 11) is 0. The molecule has 21 heavy (non-hydrogen) atoms. The second-order valence-electron chi connectivity index (χ2n) is 5.81. The smallest absolute Gasteiger partial charge is 0.161 e. The molecule has 4 heteroatoms. The molecule has 1 aromatic rings. The van der Waals surface area contributed by atoms with Gasteiger partial charge in [-0.05, 0) is 37.1 Å². The first kappa shape index (κ1) is 14.7. The molecule has 0 spiro atoms. The minimum Gasteiger partial charge on any atom is -0.490 e. The van der Waals surface area contributed by atoms with Crippen LogP contribution in [-0.2, 0) is 4.74 Å². The highest BCUT2D eigenvalue weighted by Crippen LogP contribution is 2.36. The van der Waals surface area contributed by atoms with Crippen LogP contribution < -0.4 is 14.8 Å². The SMILES string of the molecule is CCCNC(c1ccc2c(c1)OCCCO2)C1CCOC1. The van der Waals surface area contributed by atoms with Crippen molar-refractivity contribution in [1.29, 1.82) is 0 Å². The van der Waals surface area contributed by atoms with Crippen molar-refractivity contribution in [2.45, 2.75) is 32.2 Å². The minimum absolute atomic E-state index is 0.338. The summed E-state index contributed by atoms with van der Waals surface area (Å²) >= 11 is 0. The molecule has 116 valence electrons. The lowest BCUT2D eigenvalue weighted by atomic mass is 9.92. The molecule has 0 radical (unpaired) electrons. The highest BCUT2D eigenvalue weighted by atomic mass is 16.5. The Morgan fingerprint density at radius 3 is 2.81 bits per heavy atom. The molecule has 1 N–H and O–H groups in total. The molecule has 1 aromatic carbocycles. The van der Waals surface area contributed by atoms with Crippen molar-refractivity contribution in [3.63, 3.8) is 0 Å². The van der Waals surface area contributed by atoms with Crippen molar-refractivity contribution in [3.8, 4) is 11.5 Å². The summed E-state index contributed by atoms with van der Waals surface area (Å²) in [6.45, 7) is 6.41. The normalized spacial score (nSPS) is 22.8. The number of hydrogen-bond donors (Lipinski definition) is 1. The van der Waals surface area contributed by atoms with Crippen LogP contribution in [-0.4, -0.2) is 33.0 Å². The Bertz CT molecular complexity index is 457. The fourth-order valence-electron chi connectivity index (χ4n) is 3.05. The number of rotatable bonds is 5. The molecule has 4 nitrogen and oxygen atoms in total. The zero-order chi connectivity index (χ0) is 14.5. The van der Waals surface area contributed by atoms with E-state index in [4.69, 9.17) is 14.2 Å². The molecule has 2 aliphatic rings. The Hall–Kier alpha value is -1.26. The fraction of sp³-hybridized carbons (Fsp3) is 0.647. The van der Waals surface area contributed by atoms with Crippen LogP contribution in [0.3, 0.4) is 0 Å². The third kappa shape index (κ3) is 3.50. The molecule has 2 unspecified atom stereocenters. The van der Waals surface area contributed by atoms with Gasteiger partial charge in [0.05, 0.1) is 19.8 Å². The standard InChI is InChI=1S/C17H25NO3/c1-2-7-18-17(14-6-10-19-12-14)13-4-5-15-16(11-13)21-9-3-8-20-15/h4-5,11,14,17-18H,2-3,6-10,12H2,1H3. The van der Waals surface area contributed by atoms with Gasteiger partial charge < -0.3 is 19.5 Å². The number of benzene rings is 1. The fourth-order valence-corrected chi connectivity index (χ4v) is 3.05. The van der Waals surface area contributed by atoms with Crippen molar-refractivity contribution in [2.24, 2.45) is 5.92 Å². The van der Waals surface area contributed by atoms with Crippen molar-refractivity contribution in [3.05, 3.63) is 23.8 Å². The first-order chi connectivity index (χ1) is 10.4. The summed E-state index contributed by atoms with van der Waals surface area (Å²) in [5.41, 5.74) is 1.28. The van der Waals surface area contributed by atoms with Gasteiger partial charge in [-0.2, -0.15) is 0 Å². The number of fused-ring (bicyclic) bond motifs is 1. The van der Waals surface area contributed by atoms with Gasteiger partial charge in [-0.25, -0.2) is 0 Å². The molecule has 2 heterocycles. The van der Waals surface area contributed by atoms with E-state index in [9.17, 15) is 0 Å². The maximum Gasteiger partial charge on any atom is 0.161 e. The molecule has 0 aliphatic carbocycles. The van der Waals surface area contributed by atoms with Crippen LogP contribution in [0.5, 0.6) is 11.5 Å². The highest BCUT2D eigenvalue weighted by molar-refractivity contribution is 5.44. The van der Waals surface area contributed by atoms with Crippen LogP contribution in [0.2, 0.25) is 0 Å². The van der Waals surface area contributed by atoms with Crippen LogP contribution in [0.15, 0.2) is 18.2 Å². The Balaban J connectivity index is 1.82. The first-order valence-electron chi connectivity index (χ1n) is 8.09. The lowest BCUT2D eigenvalue weighted by molar-refractivity contribution is 0.176. The third-order valence-corrected chi connectivity index (χ3v) is 4.18. The van der Waals surface area contributed by atoms with Gasteiger partial charge in [0.25, 0.3) is 0 Å². The maximum atomic E-state index is 5.82. The molecule has 0 bridgehead atoms. The van der Waals surface area contributed by atoms with E-state index in [1.54, 1.807) is 0 Å². The van der Waals surface area contributed by atoms with Crippen LogP contribution in [0.1, 0.15) is 37.8 Å². The Kier molecular flexibility index (Phi) is 4.99. The molecule has 2 atom stereocenters. The maximum absolute atomic E-state index is 5.82. The molecule has 1 fully saturated rings. The average Bonchev–Trinajstić information content (AvgIpc) is 2.93. The molecule has 0 amide bonds. The minimum atomic E-state index is 0.338. The van der Waals surface area contributed by atoms with Gasteiger partial charge in [0, 0.05) is 25.0 Å². The molecular formula is C17H25NO3. The monoisotopic (exact) mass is 291 g/mol. The van der Waals surface area contributed by atoms with E-state index in [-0.39, 0.29) is 0 Å². The highest BCUT2D eigenvalue weighted by Gasteiger charge is 2.27. The Morgan fingerprint density at radius 1 is 1.19 bits per heavy atom. The van der Waals surface area contributed by atoms with Gasteiger partial charge >= 0.3 is 0 Å². The lowest BCUT2D eigenvalue weighted by Gasteiger charge is -2.25. The van der Waals surface area contributed by atoms with Gasteiger partial charge in [0.15, 0.2) is 11.5 Å². The van der Waals surface area contributed by atoms with E-state index in [2.05, 4.69) is 24.4 Å². The van der Waals surface area contributed by atoms with Crippen LogP contribution in [0.25, 0.3) is 0 Å². The zero-order valence-corrected chi connectivity index (χ0v) is 12.8. The quantitative estimate of drug-likeness (QED) is 0.905. The van der Waals surface area contributed by atoms with Gasteiger partial charge in [0.1, 0.15) is 0 Å². The predicted molar refractivity (Wildman–Crippen MR) is 82.0 cm³/mol.